The van der Waals surface area contributed by atoms with Crippen LogP contribution in [0.1, 0.15) is 24.1 Å². The normalized spacial score (nSPS) is 13.4. The van der Waals surface area contributed by atoms with Crippen LogP contribution >= 0.6 is 0 Å². The minimum Gasteiger partial charge on any atom is -0.486 e. The molecule has 3 rings (SSSR count). The van der Waals surface area contributed by atoms with Crippen LogP contribution in [-0.4, -0.2) is 38.3 Å². The van der Waals surface area contributed by atoms with Crippen molar-refractivity contribution >= 4 is 11.9 Å². The molecule has 1 aliphatic rings. The standard InChI is InChI=1S/C21H23NO6/c1-14-5-3-4-6-17(14)27-13-21(24)28-12-20(23)22-15(2)16-7-8-18-19(11-16)26-10-9-25-18/h3-8,11,15H,9-10,12-13H2,1-2H3,(H,22,23). The van der Waals surface area contributed by atoms with Gasteiger partial charge in [-0.2, -0.15) is 0 Å². The Morgan fingerprint density at radius 3 is 2.61 bits per heavy atom. The minimum absolute atomic E-state index is 0.254. The van der Waals surface area contributed by atoms with Gasteiger partial charge in [-0.25, -0.2) is 4.79 Å². The quantitative estimate of drug-likeness (QED) is 0.738. The van der Waals surface area contributed by atoms with Crippen molar-refractivity contribution in [1.29, 1.82) is 0 Å². The maximum absolute atomic E-state index is 12.1. The average Bonchev–Trinajstić information content (AvgIpc) is 2.71. The van der Waals surface area contributed by atoms with Crippen LogP contribution in [0.15, 0.2) is 42.5 Å². The maximum atomic E-state index is 12.1. The van der Waals surface area contributed by atoms with Gasteiger partial charge in [0.15, 0.2) is 24.7 Å². The first kappa shape index (κ1) is 19.5. The van der Waals surface area contributed by atoms with E-state index in [0.29, 0.717) is 30.5 Å². The highest BCUT2D eigenvalue weighted by molar-refractivity contribution is 5.81. The Balaban J connectivity index is 1.43. The molecule has 0 aromatic heterocycles. The Hall–Kier alpha value is -3.22. The largest absolute Gasteiger partial charge is 0.486 e. The lowest BCUT2D eigenvalue weighted by molar-refractivity contribution is -0.150. The zero-order chi connectivity index (χ0) is 19.9. The number of hydrogen-bond acceptors (Lipinski definition) is 6. The topological polar surface area (TPSA) is 83.1 Å². The van der Waals surface area contributed by atoms with Crippen molar-refractivity contribution in [2.45, 2.75) is 19.9 Å². The average molecular weight is 385 g/mol. The summed E-state index contributed by atoms with van der Waals surface area (Å²) in [6, 6.07) is 12.6. The number of esters is 1. The van der Waals surface area contributed by atoms with Gasteiger partial charge in [0, 0.05) is 0 Å². The first-order valence-electron chi connectivity index (χ1n) is 9.06. The molecule has 0 fully saturated rings. The first-order valence-corrected chi connectivity index (χ1v) is 9.06. The zero-order valence-electron chi connectivity index (χ0n) is 15.9. The van der Waals surface area contributed by atoms with Gasteiger partial charge in [-0.3, -0.25) is 4.79 Å². The van der Waals surface area contributed by atoms with Gasteiger partial charge in [-0.1, -0.05) is 24.3 Å². The molecular weight excluding hydrogens is 362 g/mol. The van der Waals surface area contributed by atoms with Crippen LogP contribution in [0.4, 0.5) is 0 Å². The van der Waals surface area contributed by atoms with Gasteiger partial charge in [0.25, 0.3) is 5.91 Å². The van der Waals surface area contributed by atoms with E-state index in [1.807, 2.05) is 50.2 Å². The minimum atomic E-state index is -0.606. The van der Waals surface area contributed by atoms with Gasteiger partial charge in [-0.15, -0.1) is 0 Å². The lowest BCUT2D eigenvalue weighted by Gasteiger charge is -2.21. The lowest BCUT2D eigenvalue weighted by Crippen LogP contribution is -2.32. The van der Waals surface area contributed by atoms with E-state index < -0.39 is 11.9 Å². The predicted octanol–water partition coefficient (Wildman–Crippen LogP) is 2.57. The molecule has 148 valence electrons. The molecule has 1 unspecified atom stereocenters. The number of nitrogens with one attached hydrogen (secondary N) is 1. The SMILES string of the molecule is Cc1ccccc1OCC(=O)OCC(=O)NC(C)c1ccc2c(c1)OCCO2. The van der Waals surface area contributed by atoms with Crippen molar-refractivity contribution in [1.82, 2.24) is 5.32 Å². The van der Waals surface area contributed by atoms with Gasteiger partial charge in [0.05, 0.1) is 6.04 Å². The molecule has 0 bridgehead atoms. The predicted molar refractivity (Wildman–Crippen MR) is 102 cm³/mol. The lowest BCUT2D eigenvalue weighted by atomic mass is 10.1. The second-order valence-corrected chi connectivity index (χ2v) is 6.41. The molecule has 1 heterocycles. The molecular formula is C21H23NO6. The molecule has 28 heavy (non-hydrogen) atoms. The Bertz CT molecular complexity index is 851. The molecule has 2 aromatic carbocycles. The number of benzene rings is 2. The zero-order valence-corrected chi connectivity index (χ0v) is 15.9. The van der Waals surface area contributed by atoms with Crippen molar-refractivity contribution in [3.8, 4) is 17.2 Å². The Morgan fingerprint density at radius 1 is 1.07 bits per heavy atom. The fourth-order valence-electron chi connectivity index (χ4n) is 2.74. The van der Waals surface area contributed by atoms with E-state index in [9.17, 15) is 9.59 Å². The van der Waals surface area contributed by atoms with Crippen LogP contribution in [0.3, 0.4) is 0 Å². The summed E-state index contributed by atoms with van der Waals surface area (Å²) in [7, 11) is 0. The molecule has 1 atom stereocenters. The van der Waals surface area contributed by atoms with E-state index in [2.05, 4.69) is 5.32 Å². The summed E-state index contributed by atoms with van der Waals surface area (Å²) in [5.74, 6) is 0.953. The molecule has 0 saturated heterocycles. The highest BCUT2D eigenvalue weighted by Gasteiger charge is 2.16. The fourth-order valence-corrected chi connectivity index (χ4v) is 2.74. The smallest absolute Gasteiger partial charge is 0.344 e. The van der Waals surface area contributed by atoms with Crippen molar-refractivity contribution < 1.29 is 28.5 Å². The number of aryl methyl sites for hydroxylation is 1. The highest BCUT2D eigenvalue weighted by Crippen LogP contribution is 2.32. The number of amides is 1. The number of hydrogen-bond donors (Lipinski definition) is 1. The molecule has 1 N–H and O–H groups in total. The number of fused-ring (bicyclic) bond motifs is 1. The molecule has 1 amide bonds. The maximum Gasteiger partial charge on any atom is 0.344 e. The summed E-state index contributed by atoms with van der Waals surface area (Å²) in [6.07, 6.45) is 0. The van der Waals surface area contributed by atoms with Gasteiger partial charge in [-0.05, 0) is 43.2 Å². The van der Waals surface area contributed by atoms with E-state index in [-0.39, 0.29) is 19.3 Å². The van der Waals surface area contributed by atoms with E-state index in [1.54, 1.807) is 6.07 Å². The van der Waals surface area contributed by atoms with E-state index in [4.69, 9.17) is 18.9 Å². The number of ether oxygens (including phenoxy) is 4. The van der Waals surface area contributed by atoms with Crippen molar-refractivity contribution in [2.24, 2.45) is 0 Å². The summed E-state index contributed by atoms with van der Waals surface area (Å²) in [6.45, 7) is 4.12. The molecule has 0 aliphatic carbocycles. The molecule has 7 heteroatoms. The Kier molecular flexibility index (Phi) is 6.37. The van der Waals surface area contributed by atoms with E-state index in [1.165, 1.54) is 0 Å². The van der Waals surface area contributed by atoms with Crippen molar-refractivity contribution in [2.75, 3.05) is 26.4 Å². The fraction of sp³-hybridized carbons (Fsp3) is 0.333. The third-order valence-electron chi connectivity index (χ3n) is 4.25. The van der Waals surface area contributed by atoms with Gasteiger partial charge < -0.3 is 24.3 Å². The Labute approximate surface area is 163 Å². The molecule has 0 saturated carbocycles. The van der Waals surface area contributed by atoms with E-state index in [0.717, 1.165) is 11.1 Å². The van der Waals surface area contributed by atoms with Crippen molar-refractivity contribution in [3.05, 3.63) is 53.6 Å². The van der Waals surface area contributed by atoms with E-state index >= 15 is 0 Å². The van der Waals surface area contributed by atoms with Crippen LogP contribution < -0.4 is 19.5 Å². The molecule has 0 radical (unpaired) electrons. The summed E-state index contributed by atoms with van der Waals surface area (Å²) < 4.78 is 21.4. The molecule has 1 aliphatic heterocycles. The summed E-state index contributed by atoms with van der Waals surface area (Å²) >= 11 is 0. The number of carbonyl (C=O) groups is 2. The second-order valence-electron chi connectivity index (χ2n) is 6.41. The molecule has 0 spiro atoms. The van der Waals surface area contributed by atoms with Gasteiger partial charge in [0.1, 0.15) is 19.0 Å². The highest BCUT2D eigenvalue weighted by atomic mass is 16.6. The molecule has 7 nitrogen and oxygen atoms in total. The van der Waals surface area contributed by atoms with Crippen molar-refractivity contribution in [3.63, 3.8) is 0 Å². The summed E-state index contributed by atoms with van der Waals surface area (Å²) in [5, 5.41) is 2.79. The second kappa shape index (κ2) is 9.12. The van der Waals surface area contributed by atoms with Crippen LogP contribution in [0.5, 0.6) is 17.2 Å². The third-order valence-corrected chi connectivity index (χ3v) is 4.25. The van der Waals surface area contributed by atoms with Gasteiger partial charge >= 0.3 is 5.97 Å². The van der Waals surface area contributed by atoms with Crippen LogP contribution in [0, 0.1) is 6.92 Å². The van der Waals surface area contributed by atoms with Crippen LogP contribution in [0.2, 0.25) is 0 Å². The first-order chi connectivity index (χ1) is 13.5. The number of carbonyl (C=O) groups excluding carboxylic acids is 2. The summed E-state index contributed by atoms with van der Waals surface area (Å²) in [5.41, 5.74) is 1.79. The number of rotatable bonds is 7. The number of para-hydroxylation sites is 1. The van der Waals surface area contributed by atoms with Crippen LogP contribution in [-0.2, 0) is 14.3 Å². The molecule has 2 aromatic rings. The monoisotopic (exact) mass is 385 g/mol. The van der Waals surface area contributed by atoms with Gasteiger partial charge in [0.2, 0.25) is 0 Å². The summed E-state index contributed by atoms with van der Waals surface area (Å²) in [4.78, 5) is 23.9. The third kappa shape index (κ3) is 5.16. The Morgan fingerprint density at radius 2 is 1.82 bits per heavy atom. The van der Waals surface area contributed by atoms with Crippen LogP contribution in [0.25, 0.3) is 0 Å².